The topological polar surface area (TPSA) is 127 Å². The van der Waals surface area contributed by atoms with E-state index in [-0.39, 0.29) is 30.6 Å². The van der Waals surface area contributed by atoms with E-state index < -0.39 is 17.2 Å². The largest absolute Gasteiger partial charge is 0.383 e. The van der Waals surface area contributed by atoms with Crippen molar-refractivity contribution < 1.29 is 9.53 Å². The highest BCUT2D eigenvalue weighted by atomic mass is 32.1. The highest BCUT2D eigenvalue weighted by Crippen LogP contribution is 2.35. The molecule has 0 radical (unpaired) electrons. The maximum absolute atomic E-state index is 13.5. The zero-order valence-corrected chi connectivity index (χ0v) is 21.1. The number of aromatic nitrogens is 3. The summed E-state index contributed by atoms with van der Waals surface area (Å²) in [5.74, 6) is -0.317. The third-order valence-electron chi connectivity index (χ3n) is 5.12. The second-order valence-corrected chi connectivity index (χ2v) is 9.94. The van der Waals surface area contributed by atoms with Gasteiger partial charge >= 0.3 is 5.69 Å². The number of methoxy groups -OCH3 is 1. The number of ether oxygens (including phenoxy) is 1. The molecule has 0 atom stereocenters. The number of thiophene rings is 1. The van der Waals surface area contributed by atoms with Gasteiger partial charge in [-0.1, -0.05) is 25.2 Å². The Morgan fingerprint density at radius 2 is 1.97 bits per heavy atom. The molecule has 0 aliphatic heterocycles. The first-order valence-electron chi connectivity index (χ1n) is 10.8. The molecule has 3 N–H and O–H groups in total. The number of hydrogen-bond donors (Lipinski definition) is 2. The zero-order valence-electron chi connectivity index (χ0n) is 19.5. The lowest BCUT2D eigenvalue weighted by molar-refractivity contribution is 0.0979. The standard InChI is InChI=1S/C21H30N6O4S2/c1-6-25(7-2)21-24-18-13(33-21)10-14(32-18)19(29)26(8-9-31-5)15-16(22)27(11-12(3)4)20(30)23-17(15)28/h10,12H,6-9,11,22H2,1-5H3,(H,23,28,30). The molecule has 3 aromatic heterocycles. The van der Waals surface area contributed by atoms with E-state index in [0.29, 0.717) is 11.4 Å². The molecule has 0 aromatic carbocycles. The smallest absolute Gasteiger partial charge is 0.330 e. The molecule has 0 unspecified atom stereocenters. The normalized spacial score (nSPS) is 11.5. The van der Waals surface area contributed by atoms with E-state index in [2.05, 4.69) is 28.7 Å². The van der Waals surface area contributed by atoms with Gasteiger partial charge in [-0.05, 0) is 25.8 Å². The molecule has 0 bridgehead atoms. The van der Waals surface area contributed by atoms with E-state index in [4.69, 9.17) is 10.5 Å². The molecule has 12 heteroatoms. The van der Waals surface area contributed by atoms with Crippen molar-refractivity contribution in [1.82, 2.24) is 14.5 Å². The van der Waals surface area contributed by atoms with E-state index in [1.165, 1.54) is 39.3 Å². The lowest BCUT2D eigenvalue weighted by atomic mass is 10.2. The summed E-state index contributed by atoms with van der Waals surface area (Å²) in [7, 11) is 1.51. The highest BCUT2D eigenvalue weighted by molar-refractivity contribution is 7.29. The highest BCUT2D eigenvalue weighted by Gasteiger charge is 2.27. The van der Waals surface area contributed by atoms with Gasteiger partial charge in [0.15, 0.2) is 10.8 Å². The van der Waals surface area contributed by atoms with Crippen molar-refractivity contribution in [3.8, 4) is 0 Å². The van der Waals surface area contributed by atoms with Crippen LogP contribution in [0, 0.1) is 5.92 Å². The lowest BCUT2D eigenvalue weighted by Crippen LogP contribution is -2.42. The van der Waals surface area contributed by atoms with Crippen molar-refractivity contribution in [3.05, 3.63) is 31.8 Å². The summed E-state index contributed by atoms with van der Waals surface area (Å²) in [5, 5.41) is 0.915. The Morgan fingerprint density at radius 1 is 1.27 bits per heavy atom. The zero-order chi connectivity index (χ0) is 24.3. The summed E-state index contributed by atoms with van der Waals surface area (Å²) in [5.41, 5.74) is 4.90. The van der Waals surface area contributed by atoms with Crippen LogP contribution in [-0.4, -0.2) is 53.8 Å². The molecule has 0 aliphatic carbocycles. The molecular formula is C21H30N6O4S2. The minimum Gasteiger partial charge on any atom is -0.383 e. The molecule has 0 spiro atoms. The average Bonchev–Trinajstić information content (AvgIpc) is 3.33. The van der Waals surface area contributed by atoms with Crippen LogP contribution in [0.3, 0.4) is 0 Å². The number of H-pyrrole nitrogens is 1. The minimum atomic E-state index is -0.706. The number of rotatable bonds is 10. The van der Waals surface area contributed by atoms with E-state index in [1.807, 2.05) is 13.8 Å². The van der Waals surface area contributed by atoms with Crippen molar-refractivity contribution in [3.63, 3.8) is 0 Å². The second kappa shape index (κ2) is 10.5. The van der Waals surface area contributed by atoms with Gasteiger partial charge in [0.05, 0.1) is 16.2 Å². The van der Waals surface area contributed by atoms with Crippen LogP contribution in [0.4, 0.5) is 16.6 Å². The van der Waals surface area contributed by atoms with E-state index in [0.717, 1.165) is 27.8 Å². The first-order valence-corrected chi connectivity index (χ1v) is 12.4. The fourth-order valence-electron chi connectivity index (χ4n) is 3.47. The van der Waals surface area contributed by atoms with Gasteiger partial charge in [-0.25, -0.2) is 9.78 Å². The number of nitrogen functional groups attached to an aromatic ring is 1. The molecule has 33 heavy (non-hydrogen) atoms. The summed E-state index contributed by atoms with van der Waals surface area (Å²) < 4.78 is 7.36. The average molecular weight is 495 g/mol. The lowest BCUT2D eigenvalue weighted by Gasteiger charge is -2.24. The monoisotopic (exact) mass is 494 g/mol. The first-order chi connectivity index (χ1) is 15.7. The van der Waals surface area contributed by atoms with Crippen LogP contribution in [0.25, 0.3) is 9.53 Å². The quantitative estimate of drug-likeness (QED) is 0.443. The Balaban J connectivity index is 2.05. The van der Waals surface area contributed by atoms with Crippen LogP contribution in [0.2, 0.25) is 0 Å². The van der Waals surface area contributed by atoms with E-state index in [1.54, 1.807) is 6.07 Å². The Bertz CT molecular complexity index is 1210. The van der Waals surface area contributed by atoms with Crippen LogP contribution >= 0.6 is 22.7 Å². The molecule has 3 heterocycles. The van der Waals surface area contributed by atoms with E-state index >= 15 is 0 Å². The number of amides is 1. The molecule has 180 valence electrons. The van der Waals surface area contributed by atoms with Crippen LogP contribution in [-0.2, 0) is 11.3 Å². The number of carbonyl (C=O) groups excluding carboxylic acids is 1. The minimum absolute atomic E-state index is 0.0396. The number of hydrogen-bond acceptors (Lipinski definition) is 9. The van der Waals surface area contributed by atoms with E-state index in [9.17, 15) is 14.4 Å². The predicted molar refractivity (Wildman–Crippen MR) is 135 cm³/mol. The molecule has 3 rings (SSSR count). The maximum atomic E-state index is 13.5. The summed E-state index contributed by atoms with van der Waals surface area (Å²) >= 11 is 2.80. The van der Waals surface area contributed by atoms with Gasteiger partial charge in [-0.15, -0.1) is 11.3 Å². The number of nitrogens with one attached hydrogen (secondary N) is 1. The van der Waals surface area contributed by atoms with Gasteiger partial charge in [0.2, 0.25) is 0 Å². The number of anilines is 3. The summed E-state index contributed by atoms with van der Waals surface area (Å²) in [6.07, 6.45) is 0. The third-order valence-corrected chi connectivity index (χ3v) is 7.33. The molecular weight excluding hydrogens is 464 g/mol. The summed E-state index contributed by atoms with van der Waals surface area (Å²) in [6.45, 7) is 10.3. The molecule has 0 saturated carbocycles. The van der Waals surface area contributed by atoms with Gasteiger partial charge in [0.25, 0.3) is 11.5 Å². The second-order valence-electron chi connectivity index (χ2n) is 7.90. The van der Waals surface area contributed by atoms with Crippen molar-refractivity contribution in [2.45, 2.75) is 34.2 Å². The molecule has 0 fully saturated rings. The fourth-order valence-corrected chi connectivity index (χ4v) is 5.76. The number of fused-ring (bicyclic) bond motifs is 1. The van der Waals surface area contributed by atoms with Gasteiger partial charge in [-0.3, -0.25) is 24.0 Å². The Hall–Kier alpha value is -2.70. The number of nitrogens with zero attached hydrogens (tertiary/aromatic N) is 4. The van der Waals surface area contributed by atoms with Gasteiger partial charge in [0, 0.05) is 33.3 Å². The summed E-state index contributed by atoms with van der Waals surface area (Å²) in [6, 6.07) is 1.79. The van der Waals surface area contributed by atoms with Crippen LogP contribution in [0.1, 0.15) is 37.4 Å². The molecule has 1 amide bonds. The Kier molecular flexibility index (Phi) is 7.92. The van der Waals surface area contributed by atoms with Crippen molar-refractivity contribution in [2.75, 3.05) is 48.9 Å². The fraction of sp³-hybridized carbons (Fsp3) is 0.524. The van der Waals surface area contributed by atoms with Gasteiger partial charge in [-0.2, -0.15) is 0 Å². The summed E-state index contributed by atoms with van der Waals surface area (Å²) in [4.78, 5) is 50.2. The van der Waals surface area contributed by atoms with Gasteiger partial charge in [0.1, 0.15) is 10.6 Å². The molecule has 10 nitrogen and oxygen atoms in total. The predicted octanol–water partition coefficient (Wildman–Crippen LogP) is 2.59. The number of aromatic amines is 1. The third kappa shape index (κ3) is 5.12. The Labute approximate surface area is 199 Å². The van der Waals surface area contributed by atoms with Crippen LogP contribution in [0.15, 0.2) is 15.7 Å². The molecule has 3 aromatic rings. The molecule has 0 saturated heterocycles. The van der Waals surface area contributed by atoms with Crippen molar-refractivity contribution in [2.24, 2.45) is 5.92 Å². The maximum Gasteiger partial charge on any atom is 0.330 e. The SMILES string of the molecule is CCN(CC)c1nc2sc(C(=O)N(CCOC)c3c(N)n(CC(C)C)c(=O)[nH]c3=O)cc2s1. The number of thiazole rings is 1. The Morgan fingerprint density at radius 3 is 2.55 bits per heavy atom. The van der Waals surface area contributed by atoms with Crippen molar-refractivity contribution >= 4 is 54.7 Å². The molecule has 0 aliphatic rings. The van der Waals surface area contributed by atoms with Crippen LogP contribution < -0.4 is 26.8 Å². The number of nitrogens with two attached hydrogens (primary N) is 1. The van der Waals surface area contributed by atoms with Gasteiger partial charge < -0.3 is 15.4 Å². The number of carbonyl (C=O) groups is 1. The van der Waals surface area contributed by atoms with Crippen molar-refractivity contribution in [1.29, 1.82) is 0 Å². The first kappa shape index (κ1) is 24.9. The van der Waals surface area contributed by atoms with Crippen LogP contribution in [0.5, 0.6) is 0 Å².